The molecule has 0 spiro atoms. The molecule has 1 atom stereocenters. The molecule has 1 saturated heterocycles. The highest BCUT2D eigenvalue weighted by atomic mass is 16.6. The molecular weight excluding hydrogens is 865 g/mol. The van der Waals surface area contributed by atoms with Crippen molar-refractivity contribution in [3.05, 3.63) is 12.7 Å². The van der Waals surface area contributed by atoms with E-state index in [1.54, 1.807) is 0 Å². The summed E-state index contributed by atoms with van der Waals surface area (Å²) < 4.78 is 10.6. The van der Waals surface area contributed by atoms with Gasteiger partial charge in [0, 0.05) is 0 Å². The highest BCUT2D eigenvalue weighted by Crippen LogP contribution is 2.25. The van der Waals surface area contributed by atoms with Crippen LogP contribution in [0.2, 0.25) is 0 Å². The lowest BCUT2D eigenvalue weighted by Crippen LogP contribution is -2.40. The van der Waals surface area contributed by atoms with E-state index in [0.717, 1.165) is 19.3 Å². The standard InChI is InChI=1S/C64H122O6/c1-2-3-4-5-6-7-8-9-10-11-12-13-14-15-16-17-18-19-20-21-22-23-24-25-26-27-28-29-30-31-32-33-34-35-36-37-38-39-40-41-42-43-44-45-46-47-48-49-50-51-52-53-54-55-61-56-62(67)69-59-64(57-65,58-66)60-70-63(61)68/h2,61,65-66H,1,3-60H2. The molecule has 1 heterocycles. The number of carbonyl (C=O) groups is 2. The number of aliphatic hydroxyl groups is 2. The van der Waals surface area contributed by atoms with Crippen LogP contribution in [0.25, 0.3) is 0 Å². The molecule has 1 fully saturated rings. The zero-order valence-corrected chi connectivity index (χ0v) is 46.9. The van der Waals surface area contributed by atoms with Crippen molar-refractivity contribution < 1.29 is 29.3 Å². The zero-order chi connectivity index (χ0) is 50.4. The predicted octanol–water partition coefficient (Wildman–Crippen LogP) is 19.9. The average molecular weight is 988 g/mol. The van der Waals surface area contributed by atoms with Crippen molar-refractivity contribution >= 4 is 11.9 Å². The summed E-state index contributed by atoms with van der Waals surface area (Å²) in [5, 5.41) is 19.2. The largest absolute Gasteiger partial charge is 0.465 e. The first kappa shape index (κ1) is 66.6. The number of allylic oxidation sites excluding steroid dienone is 1. The van der Waals surface area contributed by atoms with Gasteiger partial charge in [0.05, 0.1) is 31.0 Å². The smallest absolute Gasteiger partial charge is 0.309 e. The minimum Gasteiger partial charge on any atom is -0.465 e. The number of hydrogen-bond donors (Lipinski definition) is 2. The molecular formula is C64H122O6. The Labute approximate surface area is 436 Å². The molecule has 1 rings (SSSR count). The van der Waals surface area contributed by atoms with Crippen LogP contribution in [0.1, 0.15) is 347 Å². The third-order valence-corrected chi connectivity index (χ3v) is 15.9. The molecule has 0 aromatic carbocycles. The quantitative estimate of drug-likeness (QED) is 0.0358. The van der Waals surface area contributed by atoms with Crippen molar-refractivity contribution in [2.45, 2.75) is 347 Å². The van der Waals surface area contributed by atoms with Gasteiger partial charge >= 0.3 is 11.9 Å². The maximum absolute atomic E-state index is 12.5. The second kappa shape index (κ2) is 53.9. The van der Waals surface area contributed by atoms with Gasteiger partial charge in [-0.05, 0) is 19.3 Å². The van der Waals surface area contributed by atoms with Crippen LogP contribution in [0.3, 0.4) is 0 Å². The molecule has 6 heteroatoms. The van der Waals surface area contributed by atoms with E-state index in [2.05, 4.69) is 12.7 Å². The van der Waals surface area contributed by atoms with Crippen molar-refractivity contribution in [3.63, 3.8) is 0 Å². The van der Waals surface area contributed by atoms with E-state index in [9.17, 15) is 19.8 Å². The average Bonchev–Trinajstić information content (AvgIpc) is 3.43. The van der Waals surface area contributed by atoms with Gasteiger partial charge in [0.1, 0.15) is 13.2 Å². The topological polar surface area (TPSA) is 93.1 Å². The van der Waals surface area contributed by atoms with Gasteiger partial charge in [-0.3, -0.25) is 9.59 Å². The Morgan fingerprint density at radius 2 is 0.571 bits per heavy atom. The third kappa shape index (κ3) is 45.2. The molecule has 0 saturated carbocycles. The van der Waals surface area contributed by atoms with Crippen molar-refractivity contribution in [2.75, 3.05) is 26.4 Å². The summed E-state index contributed by atoms with van der Waals surface area (Å²) in [5.74, 6) is -1.40. The zero-order valence-electron chi connectivity index (χ0n) is 46.9. The third-order valence-electron chi connectivity index (χ3n) is 15.9. The fourth-order valence-electron chi connectivity index (χ4n) is 10.8. The minimum atomic E-state index is -1.12. The molecule has 0 aromatic heterocycles. The number of aliphatic hydroxyl groups excluding tert-OH is 2. The van der Waals surface area contributed by atoms with E-state index in [4.69, 9.17) is 9.47 Å². The van der Waals surface area contributed by atoms with Gasteiger partial charge in [-0.1, -0.05) is 327 Å². The lowest BCUT2D eigenvalue weighted by molar-refractivity contribution is -0.155. The fraction of sp³-hybridized carbons (Fsp3) is 0.938. The molecule has 70 heavy (non-hydrogen) atoms. The summed E-state index contributed by atoms with van der Waals surface area (Å²) >= 11 is 0. The Kier molecular flexibility index (Phi) is 51.3. The lowest BCUT2D eigenvalue weighted by Gasteiger charge is -2.27. The van der Waals surface area contributed by atoms with Gasteiger partial charge in [0.25, 0.3) is 0 Å². The van der Waals surface area contributed by atoms with Crippen LogP contribution in [0.15, 0.2) is 12.7 Å². The molecule has 6 nitrogen and oxygen atoms in total. The number of ether oxygens (including phenoxy) is 2. The first-order valence-electron chi connectivity index (χ1n) is 31.7. The molecule has 1 aliphatic heterocycles. The molecule has 0 aliphatic carbocycles. The molecule has 2 N–H and O–H groups in total. The van der Waals surface area contributed by atoms with E-state index >= 15 is 0 Å². The molecule has 414 valence electrons. The van der Waals surface area contributed by atoms with Gasteiger partial charge < -0.3 is 19.7 Å². The molecule has 0 aromatic rings. The SMILES string of the molecule is C=CCCCCCCCCCCCCCCCCCCCCCCCCCCCCCCCCCCCCCCCCCCCCCCCCCCCCCC1CC(=O)OCC(CO)(CO)COC1=O. The maximum Gasteiger partial charge on any atom is 0.309 e. The van der Waals surface area contributed by atoms with Gasteiger partial charge in [-0.25, -0.2) is 0 Å². The number of hydrogen-bond acceptors (Lipinski definition) is 6. The first-order valence-corrected chi connectivity index (χ1v) is 31.7. The second-order valence-electron chi connectivity index (χ2n) is 22.9. The summed E-state index contributed by atoms with van der Waals surface area (Å²) in [6, 6.07) is 0. The van der Waals surface area contributed by atoms with Crippen molar-refractivity contribution in [1.82, 2.24) is 0 Å². The predicted molar refractivity (Wildman–Crippen MR) is 302 cm³/mol. The van der Waals surface area contributed by atoms with Gasteiger partial charge in [0.2, 0.25) is 0 Å². The van der Waals surface area contributed by atoms with Crippen LogP contribution in [0.5, 0.6) is 0 Å². The van der Waals surface area contributed by atoms with E-state index < -0.39 is 36.5 Å². The number of cyclic esters (lactones) is 2. The van der Waals surface area contributed by atoms with E-state index in [0.29, 0.717) is 6.42 Å². The minimum absolute atomic E-state index is 0.00510. The fourth-order valence-corrected chi connectivity index (χ4v) is 10.8. The van der Waals surface area contributed by atoms with Crippen molar-refractivity contribution in [2.24, 2.45) is 11.3 Å². The molecule has 0 amide bonds. The second-order valence-corrected chi connectivity index (χ2v) is 22.9. The Morgan fingerprint density at radius 3 is 0.800 bits per heavy atom. The number of carbonyl (C=O) groups excluding carboxylic acids is 2. The molecule has 1 aliphatic rings. The number of esters is 2. The Bertz CT molecular complexity index is 1090. The summed E-state index contributed by atoms with van der Waals surface area (Å²) in [5.41, 5.74) is -1.12. The first-order chi connectivity index (χ1) is 34.6. The maximum atomic E-state index is 12.5. The van der Waals surface area contributed by atoms with Crippen LogP contribution in [-0.4, -0.2) is 48.6 Å². The van der Waals surface area contributed by atoms with E-state index in [1.807, 2.05) is 0 Å². The van der Waals surface area contributed by atoms with Gasteiger partial charge in [0.15, 0.2) is 0 Å². The van der Waals surface area contributed by atoms with E-state index in [-0.39, 0.29) is 19.6 Å². The monoisotopic (exact) mass is 987 g/mol. The highest BCUT2D eigenvalue weighted by Gasteiger charge is 2.36. The van der Waals surface area contributed by atoms with Gasteiger partial charge in [-0.15, -0.1) is 6.58 Å². The lowest BCUT2D eigenvalue weighted by atomic mass is 9.92. The Hall–Kier alpha value is -1.40. The molecule has 1 unspecified atom stereocenters. The van der Waals surface area contributed by atoms with E-state index in [1.165, 1.54) is 315 Å². The Balaban J connectivity index is 1.67. The normalized spacial score (nSPS) is 15.1. The number of rotatable bonds is 56. The summed E-state index contributed by atoms with van der Waals surface area (Å²) in [6.45, 7) is 2.72. The van der Waals surface area contributed by atoms with Crippen molar-refractivity contribution in [1.29, 1.82) is 0 Å². The molecule has 0 radical (unpaired) electrons. The summed E-state index contributed by atoms with van der Waals surface area (Å²) in [6.07, 6.45) is 76.1. The van der Waals surface area contributed by atoms with Crippen LogP contribution in [0.4, 0.5) is 0 Å². The Morgan fingerprint density at radius 1 is 0.357 bits per heavy atom. The summed E-state index contributed by atoms with van der Waals surface area (Å²) in [7, 11) is 0. The molecule has 0 bridgehead atoms. The van der Waals surface area contributed by atoms with Crippen LogP contribution in [-0.2, 0) is 19.1 Å². The van der Waals surface area contributed by atoms with Crippen LogP contribution < -0.4 is 0 Å². The van der Waals surface area contributed by atoms with Crippen LogP contribution in [0, 0.1) is 11.3 Å². The highest BCUT2D eigenvalue weighted by molar-refractivity contribution is 5.80. The van der Waals surface area contributed by atoms with Crippen LogP contribution >= 0.6 is 0 Å². The summed E-state index contributed by atoms with van der Waals surface area (Å²) in [4.78, 5) is 24.7. The van der Waals surface area contributed by atoms with Crippen molar-refractivity contribution in [3.8, 4) is 0 Å². The number of unbranched alkanes of at least 4 members (excludes halogenated alkanes) is 51. The van der Waals surface area contributed by atoms with Gasteiger partial charge in [-0.2, -0.15) is 0 Å².